The van der Waals surface area contributed by atoms with Crippen LogP contribution in [0.15, 0.2) is 30.3 Å². The van der Waals surface area contributed by atoms with Gasteiger partial charge in [0.1, 0.15) is 6.10 Å². The summed E-state index contributed by atoms with van der Waals surface area (Å²) in [7, 11) is 0. The predicted octanol–water partition coefficient (Wildman–Crippen LogP) is 4.29. The van der Waals surface area contributed by atoms with Gasteiger partial charge < -0.3 is 14.6 Å². The lowest BCUT2D eigenvalue weighted by Crippen LogP contribution is -2.29. The molecule has 1 N–H and O–H groups in total. The second-order valence-electron chi connectivity index (χ2n) is 5.54. The Balaban J connectivity index is 2.15. The van der Waals surface area contributed by atoms with Gasteiger partial charge in [-0.2, -0.15) is 0 Å². The molecule has 21 heavy (non-hydrogen) atoms. The van der Waals surface area contributed by atoms with Crippen molar-refractivity contribution in [3.05, 3.63) is 35.9 Å². The molecule has 3 nitrogen and oxygen atoms in total. The van der Waals surface area contributed by atoms with Crippen molar-refractivity contribution in [2.75, 3.05) is 6.61 Å². The predicted molar refractivity (Wildman–Crippen MR) is 86.0 cm³/mol. The van der Waals surface area contributed by atoms with Crippen molar-refractivity contribution in [2.24, 2.45) is 0 Å². The van der Waals surface area contributed by atoms with Crippen LogP contribution in [-0.4, -0.2) is 24.1 Å². The molecule has 0 aliphatic carbocycles. The van der Waals surface area contributed by atoms with E-state index in [0.29, 0.717) is 13.2 Å². The minimum absolute atomic E-state index is 0.465. The van der Waals surface area contributed by atoms with E-state index in [-0.39, 0.29) is 0 Å². The summed E-state index contributed by atoms with van der Waals surface area (Å²) in [6, 6.07) is 9.95. The lowest BCUT2D eigenvalue weighted by molar-refractivity contribution is -0.196. The van der Waals surface area contributed by atoms with Gasteiger partial charge in [0.25, 0.3) is 0 Å². The van der Waals surface area contributed by atoms with Crippen LogP contribution in [0.2, 0.25) is 0 Å². The van der Waals surface area contributed by atoms with Gasteiger partial charge in [-0.15, -0.1) is 0 Å². The number of aliphatic hydroxyl groups is 1. The van der Waals surface area contributed by atoms with E-state index >= 15 is 0 Å². The Kier molecular flexibility index (Phi) is 10.1. The van der Waals surface area contributed by atoms with Crippen molar-refractivity contribution in [1.82, 2.24) is 0 Å². The Morgan fingerprint density at radius 3 is 2.29 bits per heavy atom. The summed E-state index contributed by atoms with van der Waals surface area (Å²) >= 11 is 0. The van der Waals surface area contributed by atoms with Crippen LogP contribution in [-0.2, 0) is 16.1 Å². The average molecular weight is 294 g/mol. The van der Waals surface area contributed by atoms with Gasteiger partial charge in [0.15, 0.2) is 6.29 Å². The third-order valence-electron chi connectivity index (χ3n) is 3.43. The lowest BCUT2D eigenvalue weighted by Gasteiger charge is -2.21. The third-order valence-corrected chi connectivity index (χ3v) is 3.43. The van der Waals surface area contributed by atoms with Crippen LogP contribution >= 0.6 is 0 Å². The molecule has 0 bridgehead atoms. The molecule has 0 saturated carbocycles. The zero-order chi connectivity index (χ0) is 15.3. The zero-order valence-corrected chi connectivity index (χ0v) is 13.5. The SMILES string of the molecule is CCCCCCCCOC(OCc1ccccc1)C(C)O. The molecule has 0 aromatic heterocycles. The van der Waals surface area contributed by atoms with E-state index in [1.165, 1.54) is 32.1 Å². The molecule has 0 aliphatic rings. The standard InChI is InChI=1S/C18H30O3/c1-3-4-5-6-7-11-14-20-18(16(2)19)21-15-17-12-9-8-10-13-17/h8-10,12-13,16,18-19H,3-7,11,14-15H2,1-2H3. The second kappa shape index (κ2) is 11.7. The van der Waals surface area contributed by atoms with Gasteiger partial charge in [0.2, 0.25) is 0 Å². The second-order valence-corrected chi connectivity index (χ2v) is 5.54. The Morgan fingerprint density at radius 1 is 0.952 bits per heavy atom. The van der Waals surface area contributed by atoms with Gasteiger partial charge in [0.05, 0.1) is 6.61 Å². The first kappa shape index (κ1) is 18.1. The molecule has 0 spiro atoms. The molecular formula is C18H30O3. The molecule has 120 valence electrons. The molecule has 0 aliphatic heterocycles. The topological polar surface area (TPSA) is 38.7 Å². The fourth-order valence-corrected chi connectivity index (χ4v) is 2.16. The Hall–Kier alpha value is -0.900. The van der Waals surface area contributed by atoms with Crippen molar-refractivity contribution in [3.63, 3.8) is 0 Å². The van der Waals surface area contributed by atoms with Crippen molar-refractivity contribution in [1.29, 1.82) is 0 Å². The first-order valence-electron chi connectivity index (χ1n) is 8.19. The molecule has 0 saturated heterocycles. The summed E-state index contributed by atoms with van der Waals surface area (Å²) in [6.07, 6.45) is 6.22. The average Bonchev–Trinajstić information content (AvgIpc) is 2.50. The fourth-order valence-electron chi connectivity index (χ4n) is 2.16. The van der Waals surface area contributed by atoms with Crippen LogP contribution in [0.3, 0.4) is 0 Å². The minimum atomic E-state index is -0.617. The van der Waals surface area contributed by atoms with Crippen molar-refractivity contribution in [3.8, 4) is 0 Å². The van der Waals surface area contributed by atoms with Crippen LogP contribution in [0.4, 0.5) is 0 Å². The smallest absolute Gasteiger partial charge is 0.183 e. The van der Waals surface area contributed by atoms with Crippen molar-refractivity contribution in [2.45, 2.75) is 71.4 Å². The lowest BCUT2D eigenvalue weighted by atomic mass is 10.1. The van der Waals surface area contributed by atoms with Gasteiger partial charge in [-0.3, -0.25) is 0 Å². The quantitative estimate of drug-likeness (QED) is 0.462. The molecule has 0 heterocycles. The molecule has 0 amide bonds. The number of unbranched alkanes of at least 4 members (excludes halogenated alkanes) is 5. The zero-order valence-electron chi connectivity index (χ0n) is 13.5. The van der Waals surface area contributed by atoms with E-state index in [9.17, 15) is 5.11 Å². The van der Waals surface area contributed by atoms with Gasteiger partial charge in [-0.05, 0) is 18.9 Å². The normalized spacial score (nSPS) is 14.0. The van der Waals surface area contributed by atoms with Crippen LogP contribution in [0.25, 0.3) is 0 Å². The van der Waals surface area contributed by atoms with Gasteiger partial charge in [-0.1, -0.05) is 69.4 Å². The number of ether oxygens (including phenoxy) is 2. The maximum absolute atomic E-state index is 9.71. The summed E-state index contributed by atoms with van der Waals surface area (Å²) in [5, 5.41) is 9.71. The maximum atomic E-state index is 9.71. The van der Waals surface area contributed by atoms with E-state index in [0.717, 1.165) is 12.0 Å². The monoisotopic (exact) mass is 294 g/mol. The fraction of sp³-hybridized carbons (Fsp3) is 0.667. The van der Waals surface area contributed by atoms with E-state index in [1.54, 1.807) is 6.92 Å². The largest absolute Gasteiger partial charge is 0.388 e. The summed E-state index contributed by atoms with van der Waals surface area (Å²) in [6.45, 7) is 5.04. The summed E-state index contributed by atoms with van der Waals surface area (Å²) in [5.74, 6) is 0. The highest BCUT2D eigenvalue weighted by atomic mass is 16.7. The number of hydrogen-bond acceptors (Lipinski definition) is 3. The highest BCUT2D eigenvalue weighted by Gasteiger charge is 2.15. The van der Waals surface area contributed by atoms with Crippen LogP contribution < -0.4 is 0 Å². The Bertz CT molecular complexity index is 338. The van der Waals surface area contributed by atoms with E-state index < -0.39 is 12.4 Å². The Morgan fingerprint density at radius 2 is 1.62 bits per heavy atom. The third kappa shape index (κ3) is 8.86. The number of benzene rings is 1. The van der Waals surface area contributed by atoms with Crippen LogP contribution in [0.1, 0.15) is 57.9 Å². The van der Waals surface area contributed by atoms with Gasteiger partial charge in [0, 0.05) is 6.61 Å². The first-order chi connectivity index (χ1) is 10.2. The molecule has 1 aromatic rings. The molecule has 3 heteroatoms. The molecular weight excluding hydrogens is 264 g/mol. The van der Waals surface area contributed by atoms with Crippen LogP contribution in [0, 0.1) is 0 Å². The highest BCUT2D eigenvalue weighted by molar-refractivity contribution is 5.13. The van der Waals surface area contributed by atoms with Gasteiger partial charge >= 0.3 is 0 Å². The minimum Gasteiger partial charge on any atom is -0.388 e. The van der Waals surface area contributed by atoms with E-state index in [4.69, 9.17) is 9.47 Å². The van der Waals surface area contributed by atoms with Gasteiger partial charge in [-0.25, -0.2) is 0 Å². The molecule has 1 aromatic carbocycles. The molecule has 2 unspecified atom stereocenters. The Labute approximate surface area is 129 Å². The molecule has 0 fully saturated rings. The number of aliphatic hydroxyl groups excluding tert-OH is 1. The summed E-state index contributed by atoms with van der Waals surface area (Å²) in [4.78, 5) is 0. The van der Waals surface area contributed by atoms with Crippen LogP contribution in [0.5, 0.6) is 0 Å². The maximum Gasteiger partial charge on any atom is 0.183 e. The number of hydrogen-bond donors (Lipinski definition) is 1. The summed E-state index contributed by atoms with van der Waals surface area (Å²) < 4.78 is 11.3. The first-order valence-corrected chi connectivity index (χ1v) is 8.19. The van der Waals surface area contributed by atoms with E-state index in [2.05, 4.69) is 6.92 Å². The molecule has 2 atom stereocenters. The van der Waals surface area contributed by atoms with Crippen molar-refractivity contribution < 1.29 is 14.6 Å². The van der Waals surface area contributed by atoms with E-state index in [1.807, 2.05) is 30.3 Å². The summed E-state index contributed by atoms with van der Waals surface area (Å²) in [5.41, 5.74) is 1.09. The van der Waals surface area contributed by atoms with Crippen molar-refractivity contribution >= 4 is 0 Å². The molecule has 0 radical (unpaired) electrons. The number of rotatable bonds is 12. The molecule has 1 rings (SSSR count). The highest BCUT2D eigenvalue weighted by Crippen LogP contribution is 2.10.